The second-order valence-electron chi connectivity index (χ2n) is 9.05. The van der Waals surface area contributed by atoms with Gasteiger partial charge in [0.15, 0.2) is 0 Å². The summed E-state index contributed by atoms with van der Waals surface area (Å²) in [6, 6.07) is 27.6. The third-order valence-electron chi connectivity index (χ3n) is 6.22. The van der Waals surface area contributed by atoms with E-state index >= 15 is 0 Å². The van der Waals surface area contributed by atoms with Crippen LogP contribution in [-0.2, 0) is 16.6 Å². The number of hydrogen-bond acceptors (Lipinski definition) is 5. The van der Waals surface area contributed by atoms with Crippen LogP contribution in [0.15, 0.2) is 107 Å². The number of rotatable bonds is 10. The zero-order chi connectivity index (χ0) is 28.7. The van der Waals surface area contributed by atoms with Gasteiger partial charge in [-0.05, 0) is 98.1 Å². The molecular weight excluding hydrogens is 546 g/mol. The first-order valence-electron chi connectivity index (χ1n) is 12.7. The largest absolute Gasteiger partial charge is 0.494 e. The fourth-order valence-corrected chi connectivity index (χ4v) is 5.72. The quantitative estimate of drug-likeness (QED) is 0.170. The third-order valence-corrected chi connectivity index (χ3v) is 8.23. The van der Waals surface area contributed by atoms with E-state index < -0.39 is 10.0 Å². The minimum Gasteiger partial charge on any atom is -0.494 e. The van der Waals surface area contributed by atoms with Gasteiger partial charge < -0.3 is 4.74 Å². The molecule has 1 N–H and O–H groups in total. The van der Waals surface area contributed by atoms with Crippen molar-refractivity contribution >= 4 is 38.9 Å². The molecule has 1 amide bonds. The number of carbonyl (C=O) groups excluding carboxylic acids is 1. The summed E-state index contributed by atoms with van der Waals surface area (Å²) < 4.78 is 34.2. The van der Waals surface area contributed by atoms with Crippen LogP contribution >= 0.6 is 11.6 Å². The molecule has 7 nitrogen and oxygen atoms in total. The van der Waals surface area contributed by atoms with E-state index in [9.17, 15) is 13.2 Å². The smallest absolute Gasteiger partial charge is 0.271 e. The fraction of sp³-hybridized carbons (Fsp3) is 0.161. The number of nitrogens with one attached hydrogen (secondary N) is 1. The van der Waals surface area contributed by atoms with E-state index in [1.165, 1.54) is 4.31 Å². The van der Waals surface area contributed by atoms with Gasteiger partial charge in [0.25, 0.3) is 15.9 Å². The Morgan fingerprint density at radius 3 is 2.23 bits per heavy atom. The van der Waals surface area contributed by atoms with Crippen LogP contribution < -0.4 is 14.5 Å². The number of anilines is 1. The molecule has 0 saturated carbocycles. The summed E-state index contributed by atoms with van der Waals surface area (Å²) >= 11 is 6.24. The first-order chi connectivity index (χ1) is 19.2. The molecule has 0 aromatic heterocycles. The van der Waals surface area contributed by atoms with Crippen molar-refractivity contribution in [1.29, 1.82) is 0 Å². The van der Waals surface area contributed by atoms with E-state index in [1.54, 1.807) is 79.7 Å². The van der Waals surface area contributed by atoms with Gasteiger partial charge in [-0.1, -0.05) is 48.0 Å². The van der Waals surface area contributed by atoms with E-state index in [4.69, 9.17) is 16.3 Å². The first kappa shape index (κ1) is 28.9. The number of hydrazone groups is 1. The number of benzene rings is 4. The van der Waals surface area contributed by atoms with E-state index in [2.05, 4.69) is 10.5 Å². The number of aryl methyl sites for hydroxylation is 1. The van der Waals surface area contributed by atoms with E-state index in [-0.39, 0.29) is 17.3 Å². The number of ether oxygens (including phenoxy) is 1. The molecule has 0 fully saturated rings. The molecule has 0 bridgehead atoms. The predicted octanol–water partition coefficient (Wildman–Crippen LogP) is 6.60. The van der Waals surface area contributed by atoms with Crippen LogP contribution in [0, 0.1) is 6.92 Å². The van der Waals surface area contributed by atoms with Crippen LogP contribution in [0.25, 0.3) is 0 Å². The Morgan fingerprint density at radius 1 is 0.925 bits per heavy atom. The number of sulfonamides is 1. The first-order valence-corrected chi connectivity index (χ1v) is 14.5. The van der Waals surface area contributed by atoms with Gasteiger partial charge in [0.1, 0.15) is 5.75 Å². The van der Waals surface area contributed by atoms with Gasteiger partial charge in [-0.3, -0.25) is 9.10 Å². The minimum absolute atomic E-state index is 0.0509. The summed E-state index contributed by atoms with van der Waals surface area (Å²) in [5.74, 6) is 0.389. The summed E-state index contributed by atoms with van der Waals surface area (Å²) in [5, 5.41) is 4.65. The van der Waals surface area contributed by atoms with Gasteiger partial charge in [0.2, 0.25) is 0 Å². The molecule has 0 saturated heterocycles. The van der Waals surface area contributed by atoms with E-state index in [0.717, 1.165) is 16.9 Å². The lowest BCUT2D eigenvalue weighted by Gasteiger charge is -2.26. The van der Waals surface area contributed by atoms with Crippen molar-refractivity contribution in [2.45, 2.75) is 32.2 Å². The highest BCUT2D eigenvalue weighted by Gasteiger charge is 2.26. The van der Waals surface area contributed by atoms with E-state index in [0.29, 0.717) is 34.2 Å². The maximum Gasteiger partial charge on any atom is 0.271 e. The predicted molar refractivity (Wildman–Crippen MR) is 160 cm³/mol. The fourth-order valence-electron chi connectivity index (χ4n) is 4.02. The highest BCUT2D eigenvalue weighted by molar-refractivity contribution is 7.92. The van der Waals surface area contributed by atoms with Crippen LogP contribution in [0.4, 0.5) is 5.69 Å². The summed E-state index contributed by atoms with van der Waals surface area (Å²) in [6.07, 6.45) is 0. The lowest BCUT2D eigenvalue weighted by atomic mass is 10.1. The van der Waals surface area contributed by atoms with Gasteiger partial charge in [-0.15, -0.1) is 0 Å². The van der Waals surface area contributed by atoms with Crippen LogP contribution in [0.3, 0.4) is 0 Å². The van der Waals surface area contributed by atoms with Gasteiger partial charge >= 0.3 is 0 Å². The molecule has 4 rings (SSSR count). The molecule has 4 aromatic rings. The second kappa shape index (κ2) is 12.8. The van der Waals surface area contributed by atoms with Gasteiger partial charge in [-0.2, -0.15) is 5.10 Å². The zero-order valence-electron chi connectivity index (χ0n) is 22.5. The van der Waals surface area contributed by atoms with Gasteiger partial charge in [0.05, 0.1) is 29.4 Å². The van der Waals surface area contributed by atoms with Crippen molar-refractivity contribution in [3.8, 4) is 5.75 Å². The van der Waals surface area contributed by atoms with Crippen LogP contribution in [-0.4, -0.2) is 26.6 Å². The molecule has 4 aromatic carbocycles. The summed E-state index contributed by atoms with van der Waals surface area (Å²) in [4.78, 5) is 12.9. The second-order valence-corrected chi connectivity index (χ2v) is 11.3. The molecule has 0 radical (unpaired) electrons. The standard InChI is InChI=1S/C31H30ClN3O4S/c1-4-39-28-18-15-25(16-19-28)23(3)33-34-31(36)26-13-11-24(12-14-26)21-35(30-20-27(32)17-10-22(30)2)40(37,38)29-8-6-5-7-9-29/h5-20H,4,21H2,1-3H3,(H,34,36)/b33-23-. The molecule has 206 valence electrons. The normalized spacial score (nSPS) is 11.7. The summed E-state index contributed by atoms with van der Waals surface area (Å²) in [5.41, 5.74) is 6.42. The van der Waals surface area contributed by atoms with Gasteiger partial charge in [0, 0.05) is 10.6 Å². The number of nitrogens with zero attached hydrogens (tertiary/aromatic N) is 2. The monoisotopic (exact) mass is 575 g/mol. The Labute approximate surface area is 240 Å². The van der Waals surface area contributed by atoms with Crippen molar-refractivity contribution in [3.05, 3.63) is 124 Å². The van der Waals surface area contributed by atoms with E-state index in [1.807, 2.05) is 38.1 Å². The number of hydrogen-bond donors (Lipinski definition) is 1. The minimum atomic E-state index is -3.90. The maximum absolute atomic E-state index is 13.7. The number of halogens is 1. The number of amides is 1. The molecule has 40 heavy (non-hydrogen) atoms. The molecule has 9 heteroatoms. The zero-order valence-corrected chi connectivity index (χ0v) is 24.0. The molecule has 0 aliphatic rings. The lowest BCUT2D eigenvalue weighted by Crippen LogP contribution is -2.31. The molecule has 0 spiro atoms. The highest BCUT2D eigenvalue weighted by Crippen LogP contribution is 2.31. The Bertz CT molecular complexity index is 1610. The number of carbonyl (C=O) groups is 1. The Hall–Kier alpha value is -4.14. The molecule has 0 heterocycles. The topological polar surface area (TPSA) is 88.1 Å². The molecule has 0 aliphatic carbocycles. The average Bonchev–Trinajstić information content (AvgIpc) is 2.97. The lowest BCUT2D eigenvalue weighted by molar-refractivity contribution is 0.0955. The molecular formula is C31H30ClN3O4S. The molecule has 0 unspecified atom stereocenters. The van der Waals surface area contributed by atoms with Crippen molar-refractivity contribution in [2.75, 3.05) is 10.9 Å². The Morgan fingerprint density at radius 2 is 1.57 bits per heavy atom. The van der Waals surface area contributed by atoms with Crippen molar-refractivity contribution in [2.24, 2.45) is 5.10 Å². The maximum atomic E-state index is 13.7. The van der Waals surface area contributed by atoms with Gasteiger partial charge in [-0.25, -0.2) is 13.8 Å². The van der Waals surface area contributed by atoms with Crippen LogP contribution in [0.5, 0.6) is 5.75 Å². The van der Waals surface area contributed by atoms with Crippen LogP contribution in [0.1, 0.15) is 40.9 Å². The Balaban J connectivity index is 1.53. The summed E-state index contributed by atoms with van der Waals surface area (Å²) in [7, 11) is -3.90. The highest BCUT2D eigenvalue weighted by atomic mass is 35.5. The van der Waals surface area contributed by atoms with Crippen molar-refractivity contribution in [3.63, 3.8) is 0 Å². The van der Waals surface area contributed by atoms with Crippen molar-refractivity contribution in [1.82, 2.24) is 5.43 Å². The Kier molecular flexibility index (Phi) is 9.24. The van der Waals surface area contributed by atoms with Crippen LogP contribution in [0.2, 0.25) is 5.02 Å². The molecule has 0 aliphatic heterocycles. The summed E-state index contributed by atoms with van der Waals surface area (Å²) in [6.45, 7) is 6.20. The van der Waals surface area contributed by atoms with Crippen molar-refractivity contribution < 1.29 is 17.9 Å². The third kappa shape index (κ3) is 6.89. The molecule has 0 atom stereocenters. The SMILES string of the molecule is CCOc1ccc(/C(C)=N\NC(=O)c2ccc(CN(c3cc(Cl)ccc3C)S(=O)(=O)c3ccccc3)cc2)cc1. The average molecular weight is 576 g/mol.